The van der Waals surface area contributed by atoms with Gasteiger partial charge in [0.15, 0.2) is 6.61 Å². The van der Waals surface area contributed by atoms with Gasteiger partial charge in [-0.1, -0.05) is 0 Å². The van der Waals surface area contributed by atoms with Gasteiger partial charge in [0, 0.05) is 11.4 Å². The van der Waals surface area contributed by atoms with Gasteiger partial charge in [-0.05, 0) is 59.4 Å². The molecule has 0 atom stereocenters. The minimum absolute atomic E-state index is 0.250. The zero-order chi connectivity index (χ0) is 17.7. The molecule has 0 bridgehead atoms. The number of thiophene rings is 1. The van der Waals surface area contributed by atoms with Crippen LogP contribution in [0.3, 0.4) is 0 Å². The number of amides is 2. The normalized spacial score (nSPS) is 10.5. The molecule has 0 saturated carbocycles. The van der Waals surface area contributed by atoms with Gasteiger partial charge in [-0.2, -0.15) is 11.3 Å². The maximum absolute atomic E-state index is 13.1. The van der Waals surface area contributed by atoms with Gasteiger partial charge in [0.05, 0.1) is 10.0 Å². The van der Waals surface area contributed by atoms with Crippen LogP contribution in [0.1, 0.15) is 24.2 Å². The summed E-state index contributed by atoms with van der Waals surface area (Å²) in [4.78, 5) is 24.4. The van der Waals surface area contributed by atoms with Crippen LogP contribution in [0.15, 0.2) is 39.5 Å². The van der Waals surface area contributed by atoms with Gasteiger partial charge in [0.25, 0.3) is 11.8 Å². The Hall–Kier alpha value is -1.93. The van der Waals surface area contributed by atoms with E-state index in [1.54, 1.807) is 30.7 Å². The average molecular weight is 415 g/mol. The lowest BCUT2D eigenvalue weighted by Crippen LogP contribution is -2.51. The van der Waals surface area contributed by atoms with Crippen molar-refractivity contribution in [3.63, 3.8) is 0 Å². The van der Waals surface area contributed by atoms with Crippen molar-refractivity contribution in [1.82, 2.24) is 10.4 Å². The number of benzene rings is 1. The van der Waals surface area contributed by atoms with Crippen LogP contribution in [0.4, 0.5) is 4.39 Å². The number of hydrogen-bond donors (Lipinski definition) is 1. The SMILES string of the molecule is CC(C)N(NC(=O)c1ccsc1)C(=O)COc1ccc(F)cc1Br. The van der Waals surface area contributed by atoms with E-state index in [0.29, 0.717) is 15.8 Å². The van der Waals surface area contributed by atoms with Gasteiger partial charge >= 0.3 is 0 Å². The van der Waals surface area contributed by atoms with Crippen LogP contribution in [-0.2, 0) is 4.79 Å². The molecular formula is C16H16BrFN2O3S. The third-order valence-electron chi connectivity index (χ3n) is 3.04. The molecule has 2 aromatic rings. The highest BCUT2D eigenvalue weighted by Gasteiger charge is 2.21. The molecule has 2 rings (SSSR count). The van der Waals surface area contributed by atoms with E-state index in [1.165, 1.54) is 34.5 Å². The van der Waals surface area contributed by atoms with E-state index in [9.17, 15) is 14.0 Å². The van der Waals surface area contributed by atoms with Crippen molar-refractivity contribution in [1.29, 1.82) is 0 Å². The Morgan fingerprint density at radius 3 is 2.71 bits per heavy atom. The van der Waals surface area contributed by atoms with E-state index >= 15 is 0 Å². The van der Waals surface area contributed by atoms with Crippen molar-refractivity contribution in [2.75, 3.05) is 6.61 Å². The molecule has 0 spiro atoms. The van der Waals surface area contributed by atoms with Gasteiger partial charge in [0.2, 0.25) is 0 Å². The lowest BCUT2D eigenvalue weighted by molar-refractivity contribution is -0.137. The Kier molecular flexibility index (Phi) is 6.33. The van der Waals surface area contributed by atoms with Crippen molar-refractivity contribution in [3.8, 4) is 5.75 Å². The number of rotatable bonds is 5. The fraction of sp³-hybridized carbons (Fsp3) is 0.250. The number of halogens is 2. The number of carbonyl (C=O) groups excluding carboxylic acids is 2. The first kappa shape index (κ1) is 18.4. The molecule has 1 aromatic carbocycles. The van der Waals surface area contributed by atoms with Crippen molar-refractivity contribution >= 4 is 39.1 Å². The third-order valence-corrected chi connectivity index (χ3v) is 4.34. The minimum atomic E-state index is -0.412. The summed E-state index contributed by atoms with van der Waals surface area (Å²) in [5.41, 5.74) is 3.07. The number of nitrogens with one attached hydrogen (secondary N) is 1. The van der Waals surface area contributed by atoms with Crippen LogP contribution in [0.5, 0.6) is 5.75 Å². The molecule has 1 heterocycles. The molecule has 0 radical (unpaired) electrons. The van der Waals surface area contributed by atoms with Gasteiger partial charge in [-0.3, -0.25) is 15.0 Å². The molecule has 8 heteroatoms. The van der Waals surface area contributed by atoms with Gasteiger partial charge < -0.3 is 4.74 Å². The number of nitrogens with zero attached hydrogens (tertiary/aromatic N) is 1. The van der Waals surface area contributed by atoms with Crippen molar-refractivity contribution in [2.24, 2.45) is 0 Å². The first-order chi connectivity index (χ1) is 11.4. The minimum Gasteiger partial charge on any atom is -0.483 e. The third kappa shape index (κ3) is 4.78. The summed E-state index contributed by atoms with van der Waals surface area (Å²) in [5.74, 6) is -0.837. The van der Waals surface area contributed by atoms with Crippen molar-refractivity contribution in [2.45, 2.75) is 19.9 Å². The standard InChI is InChI=1S/C16H16BrFN2O3S/c1-10(2)20(19-16(22)11-5-6-24-9-11)15(21)8-23-14-4-3-12(18)7-13(14)17/h3-7,9-10H,8H2,1-2H3,(H,19,22). The molecule has 1 aromatic heterocycles. The molecule has 0 aliphatic carbocycles. The van der Waals surface area contributed by atoms with E-state index in [4.69, 9.17) is 4.74 Å². The highest BCUT2D eigenvalue weighted by atomic mass is 79.9. The highest BCUT2D eigenvalue weighted by molar-refractivity contribution is 9.10. The number of hydrazine groups is 1. The predicted molar refractivity (Wildman–Crippen MR) is 93.4 cm³/mol. The summed E-state index contributed by atoms with van der Waals surface area (Å²) >= 11 is 4.57. The van der Waals surface area contributed by atoms with Crippen LogP contribution < -0.4 is 10.2 Å². The van der Waals surface area contributed by atoms with Crippen LogP contribution >= 0.6 is 27.3 Å². The molecule has 5 nitrogen and oxygen atoms in total. The van der Waals surface area contributed by atoms with E-state index in [-0.39, 0.29) is 18.6 Å². The lowest BCUT2D eigenvalue weighted by Gasteiger charge is -2.27. The quantitative estimate of drug-likeness (QED) is 0.760. The Bertz CT molecular complexity index is 722. The monoisotopic (exact) mass is 414 g/mol. The van der Waals surface area contributed by atoms with Crippen molar-refractivity contribution < 1.29 is 18.7 Å². The molecule has 0 saturated heterocycles. The molecule has 24 heavy (non-hydrogen) atoms. The Balaban J connectivity index is 2.00. The average Bonchev–Trinajstić information content (AvgIpc) is 3.05. The Morgan fingerprint density at radius 2 is 2.12 bits per heavy atom. The second-order valence-corrected chi connectivity index (χ2v) is 6.81. The van der Waals surface area contributed by atoms with Crippen molar-refractivity contribution in [3.05, 3.63) is 50.9 Å². The van der Waals surface area contributed by atoms with Crippen LogP contribution in [0.25, 0.3) is 0 Å². The second kappa shape index (κ2) is 8.25. The van der Waals surface area contributed by atoms with Gasteiger partial charge in [-0.25, -0.2) is 9.40 Å². The van der Waals surface area contributed by atoms with E-state index in [1.807, 2.05) is 0 Å². The smallest absolute Gasteiger partial charge is 0.279 e. The van der Waals surface area contributed by atoms with Gasteiger partial charge in [-0.15, -0.1) is 0 Å². The summed E-state index contributed by atoms with van der Waals surface area (Å²) < 4.78 is 18.9. The summed E-state index contributed by atoms with van der Waals surface area (Å²) in [6, 6.07) is 5.34. The lowest BCUT2D eigenvalue weighted by atomic mass is 10.3. The molecule has 0 aliphatic heterocycles. The number of ether oxygens (including phenoxy) is 1. The van der Waals surface area contributed by atoms with Gasteiger partial charge in [0.1, 0.15) is 11.6 Å². The predicted octanol–water partition coefficient (Wildman–Crippen LogP) is 3.61. The zero-order valence-corrected chi connectivity index (χ0v) is 15.5. The van der Waals surface area contributed by atoms with E-state index in [2.05, 4.69) is 21.4 Å². The fourth-order valence-corrected chi connectivity index (χ4v) is 2.95. The molecule has 2 amide bonds. The molecule has 128 valence electrons. The Labute approximate surface area is 151 Å². The van der Waals surface area contributed by atoms with Crippen LogP contribution in [0, 0.1) is 5.82 Å². The second-order valence-electron chi connectivity index (χ2n) is 5.17. The fourth-order valence-electron chi connectivity index (χ4n) is 1.85. The highest BCUT2D eigenvalue weighted by Crippen LogP contribution is 2.25. The summed E-state index contributed by atoms with van der Waals surface area (Å²) in [5, 5.41) is 4.70. The molecule has 0 aliphatic rings. The maximum atomic E-state index is 13.1. The van der Waals surface area contributed by atoms with Crippen LogP contribution in [0.2, 0.25) is 0 Å². The molecule has 0 unspecified atom stereocenters. The first-order valence-corrected chi connectivity index (χ1v) is 8.85. The van der Waals surface area contributed by atoms with E-state index < -0.39 is 11.7 Å². The van der Waals surface area contributed by atoms with Crippen LogP contribution in [-0.4, -0.2) is 29.5 Å². The largest absolute Gasteiger partial charge is 0.483 e. The van der Waals surface area contributed by atoms with E-state index in [0.717, 1.165) is 0 Å². The summed E-state index contributed by atoms with van der Waals surface area (Å²) in [7, 11) is 0. The topological polar surface area (TPSA) is 58.6 Å². The zero-order valence-electron chi connectivity index (χ0n) is 13.1. The molecule has 1 N–H and O–H groups in total. The first-order valence-electron chi connectivity index (χ1n) is 7.11. The molecular weight excluding hydrogens is 399 g/mol. The Morgan fingerprint density at radius 1 is 1.38 bits per heavy atom. The molecule has 0 fully saturated rings. The summed E-state index contributed by atoms with van der Waals surface area (Å²) in [6.07, 6.45) is 0. The number of carbonyl (C=O) groups is 2. The number of hydrogen-bond acceptors (Lipinski definition) is 4. The summed E-state index contributed by atoms with van der Waals surface area (Å²) in [6.45, 7) is 3.27. The maximum Gasteiger partial charge on any atom is 0.279 e.